The van der Waals surface area contributed by atoms with Crippen LogP contribution >= 0.6 is 0 Å². The summed E-state index contributed by atoms with van der Waals surface area (Å²) in [4.78, 5) is 16.7. The van der Waals surface area contributed by atoms with Gasteiger partial charge in [0.2, 0.25) is 15.9 Å². The van der Waals surface area contributed by atoms with Crippen molar-refractivity contribution in [2.24, 2.45) is 13.0 Å². The Bertz CT molecular complexity index is 1190. The van der Waals surface area contributed by atoms with E-state index in [1.165, 1.54) is 17.0 Å². The Morgan fingerprint density at radius 2 is 2.14 bits per heavy atom. The van der Waals surface area contributed by atoms with E-state index in [0.29, 0.717) is 40.6 Å². The van der Waals surface area contributed by atoms with Crippen LogP contribution < -0.4 is 15.0 Å². The molecule has 1 saturated carbocycles. The summed E-state index contributed by atoms with van der Waals surface area (Å²) < 4.78 is 39.1. The topological polar surface area (TPSA) is 103 Å². The van der Waals surface area contributed by atoms with Crippen LogP contribution in [0.3, 0.4) is 0 Å². The van der Waals surface area contributed by atoms with Crippen LogP contribution in [0.5, 0.6) is 5.88 Å². The van der Waals surface area contributed by atoms with Crippen molar-refractivity contribution in [2.45, 2.75) is 19.8 Å². The number of fused-ring (bicyclic) bond motifs is 1. The molecule has 0 radical (unpaired) electrons. The highest BCUT2D eigenvalue weighted by Crippen LogP contribution is 2.36. The van der Waals surface area contributed by atoms with Crippen molar-refractivity contribution in [2.75, 3.05) is 17.1 Å². The Kier molecular flexibility index (Phi) is 4.62. The first-order valence-corrected chi connectivity index (χ1v) is 10.7. The Hall–Kier alpha value is -2.81. The maximum absolute atomic E-state index is 12.3. The number of ether oxygens (including phenoxy) is 1. The van der Waals surface area contributed by atoms with Crippen LogP contribution in [0.15, 0.2) is 40.0 Å². The number of hydrogen-bond acceptors (Lipinski definition) is 6. The largest absolute Gasteiger partial charge is 0.477 e. The lowest BCUT2D eigenvalue weighted by Gasteiger charge is -2.14. The number of hydrogen-bond donors (Lipinski definition) is 1. The van der Waals surface area contributed by atoms with Gasteiger partial charge in [-0.3, -0.25) is 9.52 Å². The summed E-state index contributed by atoms with van der Waals surface area (Å²) in [5, 5.41) is 0.622. The predicted octanol–water partition coefficient (Wildman–Crippen LogP) is 2.74. The normalized spacial score (nSPS) is 14.4. The predicted molar refractivity (Wildman–Crippen MR) is 106 cm³/mol. The quantitative estimate of drug-likeness (QED) is 0.651. The number of nitrogens with zero attached hydrogens (tertiary/aromatic N) is 2. The van der Waals surface area contributed by atoms with Crippen LogP contribution in [-0.2, 0) is 17.1 Å². The molecule has 0 unspecified atom stereocenters. The smallest absolute Gasteiger partial charge is 0.293 e. The summed E-state index contributed by atoms with van der Waals surface area (Å²) in [6.07, 6.45) is 6.84. The number of aromatic nitrogens is 2. The fourth-order valence-electron chi connectivity index (χ4n) is 2.93. The number of furan rings is 1. The Morgan fingerprint density at radius 3 is 2.86 bits per heavy atom. The Balaban J connectivity index is 1.86. The molecule has 1 aliphatic carbocycles. The van der Waals surface area contributed by atoms with Crippen molar-refractivity contribution in [3.05, 3.63) is 41.1 Å². The van der Waals surface area contributed by atoms with E-state index < -0.39 is 10.0 Å². The highest BCUT2D eigenvalue weighted by atomic mass is 32.2. The summed E-state index contributed by atoms with van der Waals surface area (Å²) in [6.45, 7) is 2.12. The summed E-state index contributed by atoms with van der Waals surface area (Å²) in [5.41, 5.74) is 1.59. The number of rotatable bonds is 7. The minimum absolute atomic E-state index is 0.0475. The van der Waals surface area contributed by atoms with Gasteiger partial charge in [0.1, 0.15) is 0 Å². The molecule has 8 nitrogen and oxygen atoms in total. The number of aryl methyl sites for hydroxylation is 1. The molecule has 4 rings (SSSR count). The van der Waals surface area contributed by atoms with Gasteiger partial charge in [-0.2, -0.15) is 0 Å². The second-order valence-electron chi connectivity index (χ2n) is 6.96. The third-order valence-corrected chi connectivity index (χ3v) is 6.05. The van der Waals surface area contributed by atoms with Gasteiger partial charge in [0.05, 0.1) is 30.5 Å². The maximum Gasteiger partial charge on any atom is 0.293 e. The maximum atomic E-state index is 12.3. The lowest BCUT2D eigenvalue weighted by molar-refractivity contribution is 0.290. The van der Waals surface area contributed by atoms with Crippen molar-refractivity contribution in [3.8, 4) is 17.0 Å². The molecule has 1 fully saturated rings. The molecule has 3 aromatic rings. The van der Waals surface area contributed by atoms with E-state index >= 15 is 0 Å². The molecule has 0 amide bonds. The number of nitrogens with one attached hydrogen (secondary N) is 1. The second kappa shape index (κ2) is 6.97. The number of sulfonamides is 1. The standard InChI is InChI=1S/C19H21N3O5S/c1-3-28(24,25)21-13-8-15(18(20-9-13)27-11-12-4-5-12)16-10-22(2)19(23)17-14(16)6-7-26-17/h6-10,12,21H,3-5,11H2,1-2H3. The molecule has 0 spiro atoms. The highest BCUT2D eigenvalue weighted by molar-refractivity contribution is 7.92. The van der Waals surface area contributed by atoms with Crippen LogP contribution in [0.25, 0.3) is 22.1 Å². The van der Waals surface area contributed by atoms with Crippen LogP contribution in [0, 0.1) is 5.92 Å². The molecule has 0 saturated heterocycles. The zero-order valence-electron chi connectivity index (χ0n) is 15.6. The van der Waals surface area contributed by atoms with Gasteiger partial charge in [0.25, 0.3) is 5.56 Å². The van der Waals surface area contributed by atoms with Gasteiger partial charge >= 0.3 is 0 Å². The Morgan fingerprint density at radius 1 is 1.36 bits per heavy atom. The molecule has 28 heavy (non-hydrogen) atoms. The van der Waals surface area contributed by atoms with E-state index in [4.69, 9.17) is 9.15 Å². The molecule has 3 heterocycles. The molecule has 1 N–H and O–H groups in total. The van der Waals surface area contributed by atoms with Gasteiger partial charge in [-0.05, 0) is 37.8 Å². The van der Waals surface area contributed by atoms with Crippen LogP contribution in [0.2, 0.25) is 0 Å². The summed E-state index contributed by atoms with van der Waals surface area (Å²) in [5.74, 6) is 0.878. The summed E-state index contributed by atoms with van der Waals surface area (Å²) in [7, 11) is -1.82. The molecule has 0 aromatic carbocycles. The van der Waals surface area contributed by atoms with Gasteiger partial charge in [0.15, 0.2) is 5.58 Å². The van der Waals surface area contributed by atoms with Gasteiger partial charge in [-0.25, -0.2) is 13.4 Å². The molecule has 148 valence electrons. The second-order valence-corrected chi connectivity index (χ2v) is 8.97. The molecule has 0 atom stereocenters. The number of pyridine rings is 2. The lowest BCUT2D eigenvalue weighted by Crippen LogP contribution is -2.16. The molecular weight excluding hydrogens is 382 g/mol. The molecule has 0 bridgehead atoms. The summed E-state index contributed by atoms with van der Waals surface area (Å²) >= 11 is 0. The lowest BCUT2D eigenvalue weighted by atomic mass is 10.0. The minimum atomic E-state index is -3.45. The van der Waals surface area contributed by atoms with Crippen molar-refractivity contribution in [1.82, 2.24) is 9.55 Å². The number of anilines is 1. The molecule has 3 aromatic heterocycles. The molecular formula is C19H21N3O5S. The van der Waals surface area contributed by atoms with Crippen molar-refractivity contribution >= 4 is 26.7 Å². The first-order chi connectivity index (χ1) is 13.4. The van der Waals surface area contributed by atoms with E-state index in [0.717, 1.165) is 12.8 Å². The average molecular weight is 403 g/mol. The first-order valence-electron chi connectivity index (χ1n) is 9.08. The SMILES string of the molecule is CCS(=O)(=O)Nc1cnc(OCC2CC2)c(-c2cn(C)c(=O)c3occc23)c1. The zero-order valence-corrected chi connectivity index (χ0v) is 16.5. The van der Waals surface area contributed by atoms with E-state index in [2.05, 4.69) is 9.71 Å². The van der Waals surface area contributed by atoms with Crippen molar-refractivity contribution in [1.29, 1.82) is 0 Å². The van der Waals surface area contributed by atoms with E-state index in [1.54, 1.807) is 32.3 Å². The third kappa shape index (κ3) is 3.62. The van der Waals surface area contributed by atoms with Gasteiger partial charge < -0.3 is 13.7 Å². The Labute approximate surface area is 162 Å². The monoisotopic (exact) mass is 403 g/mol. The minimum Gasteiger partial charge on any atom is -0.477 e. The van der Waals surface area contributed by atoms with E-state index in [9.17, 15) is 13.2 Å². The molecule has 9 heteroatoms. The summed E-state index contributed by atoms with van der Waals surface area (Å²) in [6, 6.07) is 3.38. The van der Waals surface area contributed by atoms with E-state index in [1.807, 2.05) is 0 Å². The zero-order chi connectivity index (χ0) is 19.9. The molecule has 0 aliphatic heterocycles. The van der Waals surface area contributed by atoms with Crippen molar-refractivity contribution in [3.63, 3.8) is 0 Å². The van der Waals surface area contributed by atoms with Gasteiger partial charge in [-0.1, -0.05) is 0 Å². The molecule has 1 aliphatic rings. The highest BCUT2D eigenvalue weighted by Gasteiger charge is 2.24. The van der Waals surface area contributed by atoms with Gasteiger partial charge in [0, 0.05) is 29.8 Å². The third-order valence-electron chi connectivity index (χ3n) is 4.74. The fourth-order valence-corrected chi connectivity index (χ4v) is 3.55. The van der Waals surface area contributed by atoms with Crippen LogP contribution in [0.1, 0.15) is 19.8 Å². The first kappa shape index (κ1) is 18.5. The van der Waals surface area contributed by atoms with Crippen LogP contribution in [-0.4, -0.2) is 30.3 Å². The van der Waals surface area contributed by atoms with Crippen LogP contribution in [0.4, 0.5) is 5.69 Å². The van der Waals surface area contributed by atoms with Gasteiger partial charge in [-0.15, -0.1) is 0 Å². The van der Waals surface area contributed by atoms with Crippen molar-refractivity contribution < 1.29 is 17.6 Å². The fraction of sp³-hybridized carbons (Fsp3) is 0.368. The average Bonchev–Trinajstić information content (AvgIpc) is 3.37. The van der Waals surface area contributed by atoms with E-state index in [-0.39, 0.29) is 16.9 Å².